The Morgan fingerprint density at radius 2 is 2.17 bits per heavy atom. The van der Waals surface area contributed by atoms with Crippen LogP contribution in [0.25, 0.3) is 0 Å². The van der Waals surface area contributed by atoms with Gasteiger partial charge in [-0.3, -0.25) is 0 Å². The predicted octanol–water partition coefficient (Wildman–Crippen LogP) is 0.337. The Morgan fingerprint density at radius 1 is 1.50 bits per heavy atom. The molecule has 1 atom stereocenters. The Bertz CT molecular complexity index is 124. The van der Waals surface area contributed by atoms with Gasteiger partial charge in [0.05, 0.1) is 13.2 Å². The molecule has 0 saturated heterocycles. The first-order valence-corrected chi connectivity index (χ1v) is 4.14. The summed E-state index contributed by atoms with van der Waals surface area (Å²) in [6.45, 7) is 4.50. The second-order valence-electron chi connectivity index (χ2n) is 2.34. The van der Waals surface area contributed by atoms with E-state index in [0.29, 0.717) is 6.61 Å². The van der Waals surface area contributed by atoms with Gasteiger partial charge < -0.3 is 14.6 Å². The van der Waals surface area contributed by atoms with E-state index in [4.69, 9.17) is 9.84 Å². The third-order valence-electron chi connectivity index (χ3n) is 1.18. The van der Waals surface area contributed by atoms with Crippen molar-refractivity contribution in [2.45, 2.75) is 26.4 Å². The molecular weight excluding hydrogens is 160 g/mol. The van der Waals surface area contributed by atoms with E-state index in [2.05, 4.69) is 4.74 Å². The van der Waals surface area contributed by atoms with Gasteiger partial charge in [-0.25, -0.2) is 4.79 Å². The number of carbonyl (C=O) groups excluding carboxylic acids is 1. The molecule has 0 fully saturated rings. The second kappa shape index (κ2) is 7.06. The topological polar surface area (TPSA) is 55.8 Å². The van der Waals surface area contributed by atoms with Gasteiger partial charge in [-0.15, -0.1) is 0 Å². The molecule has 0 aliphatic rings. The summed E-state index contributed by atoms with van der Waals surface area (Å²) in [5.74, 6) is -0.617. The van der Waals surface area contributed by atoms with E-state index in [1.165, 1.54) is 0 Å². The first-order chi connectivity index (χ1) is 5.72. The standard InChI is InChI=1S/C8H16O4/c1-3-5-11-6-7(9)8(10)12-4-2/h7,9H,3-6H2,1-2H3. The first kappa shape index (κ1) is 11.4. The molecule has 0 rings (SSSR count). The van der Waals surface area contributed by atoms with E-state index in [9.17, 15) is 4.79 Å². The number of esters is 1. The Hall–Kier alpha value is -0.610. The fourth-order valence-corrected chi connectivity index (χ4v) is 0.646. The lowest BCUT2D eigenvalue weighted by molar-refractivity contribution is -0.156. The fourth-order valence-electron chi connectivity index (χ4n) is 0.646. The van der Waals surface area contributed by atoms with Gasteiger partial charge >= 0.3 is 5.97 Å². The molecule has 0 radical (unpaired) electrons. The summed E-state index contributed by atoms with van der Waals surface area (Å²) in [5.41, 5.74) is 0. The zero-order valence-corrected chi connectivity index (χ0v) is 7.58. The molecule has 0 spiro atoms. The lowest BCUT2D eigenvalue weighted by atomic mass is 10.4. The molecule has 0 aromatic rings. The van der Waals surface area contributed by atoms with Gasteiger partial charge in [0.15, 0.2) is 6.10 Å². The van der Waals surface area contributed by atoms with Crippen LogP contribution in [0.2, 0.25) is 0 Å². The highest BCUT2D eigenvalue weighted by Crippen LogP contribution is 1.91. The highest BCUT2D eigenvalue weighted by atomic mass is 16.6. The Morgan fingerprint density at radius 3 is 2.67 bits per heavy atom. The largest absolute Gasteiger partial charge is 0.464 e. The minimum Gasteiger partial charge on any atom is -0.464 e. The average Bonchev–Trinajstić information content (AvgIpc) is 2.05. The number of carbonyl (C=O) groups is 1. The minimum atomic E-state index is -1.14. The van der Waals surface area contributed by atoms with Crippen LogP contribution in [0.1, 0.15) is 20.3 Å². The summed E-state index contributed by atoms with van der Waals surface area (Å²) >= 11 is 0. The van der Waals surface area contributed by atoms with Crippen molar-refractivity contribution in [1.29, 1.82) is 0 Å². The molecule has 12 heavy (non-hydrogen) atoms. The molecule has 1 N–H and O–H groups in total. The third kappa shape index (κ3) is 5.09. The smallest absolute Gasteiger partial charge is 0.337 e. The summed E-state index contributed by atoms with van der Waals surface area (Å²) in [6.07, 6.45) is -0.272. The van der Waals surface area contributed by atoms with Gasteiger partial charge in [0.25, 0.3) is 0 Å². The minimum absolute atomic E-state index is 0.0205. The molecule has 4 heteroatoms. The lowest BCUT2D eigenvalue weighted by Crippen LogP contribution is -2.28. The Balaban J connectivity index is 3.42. The van der Waals surface area contributed by atoms with Crippen molar-refractivity contribution >= 4 is 5.97 Å². The van der Waals surface area contributed by atoms with Gasteiger partial charge in [-0.2, -0.15) is 0 Å². The molecule has 72 valence electrons. The molecule has 0 heterocycles. The first-order valence-electron chi connectivity index (χ1n) is 4.14. The molecule has 0 aromatic carbocycles. The summed E-state index contributed by atoms with van der Waals surface area (Å²) in [6, 6.07) is 0. The third-order valence-corrected chi connectivity index (χ3v) is 1.18. The molecule has 1 unspecified atom stereocenters. The van der Waals surface area contributed by atoms with Gasteiger partial charge in [0.1, 0.15) is 0 Å². The molecule has 0 aliphatic carbocycles. The molecule has 0 aliphatic heterocycles. The molecule has 0 bridgehead atoms. The average molecular weight is 176 g/mol. The van der Waals surface area contributed by atoms with E-state index in [1.54, 1.807) is 6.92 Å². The van der Waals surface area contributed by atoms with Crippen molar-refractivity contribution in [2.75, 3.05) is 19.8 Å². The van der Waals surface area contributed by atoms with Crippen LogP contribution in [0, 0.1) is 0 Å². The summed E-state index contributed by atoms with van der Waals surface area (Å²) in [5, 5.41) is 9.08. The van der Waals surface area contributed by atoms with Crippen LogP contribution < -0.4 is 0 Å². The Kier molecular flexibility index (Phi) is 6.70. The van der Waals surface area contributed by atoms with E-state index >= 15 is 0 Å². The van der Waals surface area contributed by atoms with Crippen LogP contribution in [0.3, 0.4) is 0 Å². The summed E-state index contributed by atoms with van der Waals surface area (Å²) in [4.78, 5) is 10.8. The van der Waals surface area contributed by atoms with Crippen LogP contribution >= 0.6 is 0 Å². The van der Waals surface area contributed by atoms with Crippen LogP contribution in [0.5, 0.6) is 0 Å². The quantitative estimate of drug-likeness (QED) is 0.468. The van der Waals surface area contributed by atoms with Crippen molar-refractivity contribution in [3.8, 4) is 0 Å². The molecule has 4 nitrogen and oxygen atoms in total. The predicted molar refractivity (Wildman–Crippen MR) is 43.7 cm³/mol. The van der Waals surface area contributed by atoms with Crippen molar-refractivity contribution in [3.63, 3.8) is 0 Å². The van der Waals surface area contributed by atoms with Crippen LogP contribution in [0.4, 0.5) is 0 Å². The summed E-state index contributed by atoms with van der Waals surface area (Å²) in [7, 11) is 0. The van der Waals surface area contributed by atoms with E-state index in [-0.39, 0.29) is 13.2 Å². The number of hydrogen-bond donors (Lipinski definition) is 1. The van der Waals surface area contributed by atoms with Crippen molar-refractivity contribution in [3.05, 3.63) is 0 Å². The highest BCUT2D eigenvalue weighted by molar-refractivity contribution is 5.74. The Labute approximate surface area is 72.5 Å². The number of rotatable bonds is 6. The maximum Gasteiger partial charge on any atom is 0.337 e. The van der Waals surface area contributed by atoms with Crippen LogP contribution in [-0.2, 0) is 14.3 Å². The SMILES string of the molecule is CCCOCC(O)C(=O)OCC. The normalized spacial score (nSPS) is 12.6. The zero-order valence-electron chi connectivity index (χ0n) is 7.58. The number of hydrogen-bond acceptors (Lipinski definition) is 4. The van der Waals surface area contributed by atoms with Crippen LogP contribution in [-0.4, -0.2) is 37.0 Å². The highest BCUT2D eigenvalue weighted by Gasteiger charge is 2.15. The van der Waals surface area contributed by atoms with Gasteiger partial charge in [0, 0.05) is 6.61 Å². The number of aliphatic hydroxyl groups excluding tert-OH is 1. The second-order valence-corrected chi connectivity index (χ2v) is 2.34. The molecule has 0 aromatic heterocycles. The number of ether oxygens (including phenoxy) is 2. The molecule has 0 amide bonds. The molecular formula is C8H16O4. The fraction of sp³-hybridized carbons (Fsp3) is 0.875. The zero-order chi connectivity index (χ0) is 9.40. The van der Waals surface area contributed by atoms with Crippen molar-refractivity contribution in [1.82, 2.24) is 0 Å². The maximum atomic E-state index is 10.8. The van der Waals surface area contributed by atoms with Crippen molar-refractivity contribution < 1.29 is 19.4 Å². The van der Waals surface area contributed by atoms with Gasteiger partial charge in [0.2, 0.25) is 0 Å². The van der Waals surface area contributed by atoms with E-state index in [0.717, 1.165) is 6.42 Å². The lowest BCUT2D eigenvalue weighted by Gasteiger charge is -2.09. The van der Waals surface area contributed by atoms with Crippen molar-refractivity contribution in [2.24, 2.45) is 0 Å². The maximum absolute atomic E-state index is 10.8. The van der Waals surface area contributed by atoms with E-state index < -0.39 is 12.1 Å². The van der Waals surface area contributed by atoms with Gasteiger partial charge in [-0.1, -0.05) is 6.92 Å². The molecule has 0 saturated carbocycles. The monoisotopic (exact) mass is 176 g/mol. The van der Waals surface area contributed by atoms with Crippen LogP contribution in [0.15, 0.2) is 0 Å². The number of aliphatic hydroxyl groups is 1. The summed E-state index contributed by atoms with van der Waals surface area (Å²) < 4.78 is 9.53. The van der Waals surface area contributed by atoms with E-state index in [1.807, 2.05) is 6.92 Å². The van der Waals surface area contributed by atoms with Gasteiger partial charge in [-0.05, 0) is 13.3 Å².